The first kappa shape index (κ1) is 17.0. The fourth-order valence-electron chi connectivity index (χ4n) is 2.61. The number of halogens is 4. The number of aromatic nitrogens is 1. The third kappa shape index (κ3) is 4.81. The molecule has 0 N–H and O–H groups in total. The predicted molar refractivity (Wildman–Crippen MR) is 78.8 cm³/mol. The molecule has 0 saturated carbocycles. The third-order valence-electron chi connectivity index (χ3n) is 3.63. The van der Waals surface area contributed by atoms with E-state index in [2.05, 4.69) is 16.8 Å². The van der Waals surface area contributed by atoms with Gasteiger partial charge in [0.1, 0.15) is 5.01 Å². The Morgan fingerprint density at radius 2 is 2.00 bits per heavy atom. The Morgan fingerprint density at radius 3 is 2.48 bits per heavy atom. The van der Waals surface area contributed by atoms with Crippen molar-refractivity contribution in [2.45, 2.75) is 31.4 Å². The molecule has 0 spiro atoms. The van der Waals surface area contributed by atoms with E-state index in [1.807, 2.05) is 5.38 Å². The standard InChI is InChI=1S/C13H19ClF3N3S/c1-2-11(12-18-10(7-14)8-21-12)20-5-3-19(4-6-20)9-13(15,16)17/h8,11H,2-7,9H2,1H3. The molecule has 0 aromatic carbocycles. The Hall–Kier alpha value is -0.370. The second-order valence-electron chi connectivity index (χ2n) is 5.16. The van der Waals surface area contributed by atoms with Crippen molar-refractivity contribution < 1.29 is 13.2 Å². The van der Waals surface area contributed by atoms with Gasteiger partial charge in [0.15, 0.2) is 0 Å². The Labute approximate surface area is 131 Å². The molecule has 0 amide bonds. The normalized spacial score (nSPS) is 19.9. The summed E-state index contributed by atoms with van der Waals surface area (Å²) in [5.41, 5.74) is 0.867. The summed E-state index contributed by atoms with van der Waals surface area (Å²) in [6.07, 6.45) is -3.22. The molecule has 2 heterocycles. The van der Waals surface area contributed by atoms with Crippen LogP contribution in [0.25, 0.3) is 0 Å². The zero-order valence-electron chi connectivity index (χ0n) is 11.9. The topological polar surface area (TPSA) is 19.4 Å². The lowest BCUT2D eigenvalue weighted by Gasteiger charge is -2.38. The van der Waals surface area contributed by atoms with Crippen molar-refractivity contribution in [1.82, 2.24) is 14.8 Å². The second kappa shape index (κ2) is 7.26. The summed E-state index contributed by atoms with van der Waals surface area (Å²) < 4.78 is 37.2. The first-order chi connectivity index (χ1) is 9.93. The highest BCUT2D eigenvalue weighted by atomic mass is 35.5. The lowest BCUT2D eigenvalue weighted by molar-refractivity contribution is -0.149. The monoisotopic (exact) mass is 341 g/mol. The molecular formula is C13H19ClF3N3S. The van der Waals surface area contributed by atoms with Crippen molar-refractivity contribution in [3.8, 4) is 0 Å². The van der Waals surface area contributed by atoms with E-state index in [0.717, 1.165) is 17.1 Å². The number of rotatable bonds is 5. The van der Waals surface area contributed by atoms with Crippen LogP contribution in [-0.4, -0.2) is 53.7 Å². The van der Waals surface area contributed by atoms with Gasteiger partial charge in [0.2, 0.25) is 0 Å². The fraction of sp³-hybridized carbons (Fsp3) is 0.769. The third-order valence-corrected chi connectivity index (χ3v) is 4.90. The van der Waals surface area contributed by atoms with Crippen LogP contribution in [0, 0.1) is 0 Å². The molecule has 0 radical (unpaired) electrons. The van der Waals surface area contributed by atoms with Crippen LogP contribution < -0.4 is 0 Å². The minimum absolute atomic E-state index is 0.181. The maximum atomic E-state index is 12.4. The molecule has 8 heteroatoms. The summed E-state index contributed by atoms with van der Waals surface area (Å²) in [4.78, 5) is 8.20. The minimum atomic E-state index is -4.11. The van der Waals surface area contributed by atoms with Crippen LogP contribution in [0.15, 0.2) is 5.38 Å². The number of hydrogen-bond acceptors (Lipinski definition) is 4. The lowest BCUT2D eigenvalue weighted by Crippen LogP contribution is -2.50. The zero-order valence-corrected chi connectivity index (χ0v) is 13.4. The number of piperazine rings is 1. The zero-order chi connectivity index (χ0) is 15.5. The van der Waals surface area contributed by atoms with Crippen LogP contribution in [0.1, 0.15) is 30.1 Å². The van der Waals surface area contributed by atoms with Crippen molar-refractivity contribution in [3.63, 3.8) is 0 Å². The summed E-state index contributed by atoms with van der Waals surface area (Å²) in [6, 6.07) is 0.181. The van der Waals surface area contributed by atoms with Gasteiger partial charge in [-0.2, -0.15) is 13.2 Å². The average molecular weight is 342 g/mol. The molecule has 1 aliphatic heterocycles. The van der Waals surface area contributed by atoms with Gasteiger partial charge >= 0.3 is 6.18 Å². The van der Waals surface area contributed by atoms with Crippen LogP contribution in [0.4, 0.5) is 13.2 Å². The van der Waals surface area contributed by atoms with Crippen molar-refractivity contribution in [2.24, 2.45) is 0 Å². The van der Waals surface area contributed by atoms with Crippen LogP contribution in [0.3, 0.4) is 0 Å². The highest BCUT2D eigenvalue weighted by molar-refractivity contribution is 7.09. The molecule has 0 bridgehead atoms. The predicted octanol–water partition coefficient (Wildman–Crippen LogP) is 3.51. The molecule has 1 fully saturated rings. The van der Waals surface area contributed by atoms with Crippen molar-refractivity contribution in [1.29, 1.82) is 0 Å². The van der Waals surface area contributed by atoms with Crippen LogP contribution in [0.2, 0.25) is 0 Å². The van der Waals surface area contributed by atoms with Gasteiger partial charge in [-0.25, -0.2) is 4.98 Å². The minimum Gasteiger partial charge on any atom is -0.292 e. The van der Waals surface area contributed by atoms with Gasteiger partial charge in [-0.05, 0) is 6.42 Å². The van der Waals surface area contributed by atoms with E-state index in [9.17, 15) is 13.2 Å². The fourth-order valence-corrected chi connectivity index (χ4v) is 3.88. The smallest absolute Gasteiger partial charge is 0.292 e. The molecule has 1 atom stereocenters. The van der Waals surface area contributed by atoms with Crippen molar-refractivity contribution in [2.75, 3.05) is 32.7 Å². The summed E-state index contributed by atoms with van der Waals surface area (Å²) in [5, 5.41) is 2.96. The molecule has 0 aliphatic carbocycles. The van der Waals surface area contributed by atoms with Gasteiger partial charge in [0, 0.05) is 31.6 Å². The van der Waals surface area contributed by atoms with Crippen LogP contribution in [0.5, 0.6) is 0 Å². The molecule has 1 saturated heterocycles. The highest BCUT2D eigenvalue weighted by Gasteiger charge is 2.33. The summed E-state index contributed by atoms with van der Waals surface area (Å²) in [6.45, 7) is 3.45. The molecule has 120 valence electrons. The quantitative estimate of drug-likeness (QED) is 0.764. The molecule has 21 heavy (non-hydrogen) atoms. The maximum absolute atomic E-state index is 12.4. The van der Waals surface area contributed by atoms with Crippen LogP contribution in [-0.2, 0) is 5.88 Å². The van der Waals surface area contributed by atoms with Gasteiger partial charge in [0.25, 0.3) is 0 Å². The maximum Gasteiger partial charge on any atom is 0.401 e. The molecule has 1 aromatic rings. The van der Waals surface area contributed by atoms with E-state index in [1.165, 1.54) is 4.90 Å². The Kier molecular flexibility index (Phi) is 5.88. The van der Waals surface area contributed by atoms with Crippen molar-refractivity contribution >= 4 is 22.9 Å². The van der Waals surface area contributed by atoms with E-state index in [0.29, 0.717) is 32.1 Å². The Bertz CT molecular complexity index is 444. The van der Waals surface area contributed by atoms with Gasteiger partial charge < -0.3 is 0 Å². The molecule has 1 aromatic heterocycles. The number of thiazole rings is 1. The highest BCUT2D eigenvalue weighted by Crippen LogP contribution is 2.29. The summed E-state index contributed by atoms with van der Waals surface area (Å²) in [5.74, 6) is 0.395. The molecule has 1 aliphatic rings. The molecule has 3 nitrogen and oxygen atoms in total. The van der Waals surface area contributed by atoms with E-state index < -0.39 is 12.7 Å². The molecular weight excluding hydrogens is 323 g/mol. The Morgan fingerprint density at radius 1 is 1.33 bits per heavy atom. The van der Waals surface area contributed by atoms with E-state index in [1.54, 1.807) is 11.3 Å². The van der Waals surface area contributed by atoms with Crippen molar-refractivity contribution in [3.05, 3.63) is 16.1 Å². The number of alkyl halides is 4. The molecule has 1 unspecified atom stereocenters. The average Bonchev–Trinajstić information content (AvgIpc) is 2.88. The number of hydrogen-bond donors (Lipinski definition) is 0. The van der Waals surface area contributed by atoms with Gasteiger partial charge in [-0.3, -0.25) is 9.80 Å². The molecule has 2 rings (SSSR count). The SMILES string of the molecule is CCC(c1nc(CCl)cs1)N1CCN(CC(F)(F)F)CC1. The summed E-state index contributed by atoms with van der Waals surface area (Å²) in [7, 11) is 0. The van der Waals surface area contributed by atoms with Gasteiger partial charge in [-0.15, -0.1) is 22.9 Å². The first-order valence-electron chi connectivity index (χ1n) is 6.96. The van der Waals surface area contributed by atoms with E-state index in [4.69, 9.17) is 11.6 Å². The summed E-state index contributed by atoms with van der Waals surface area (Å²) >= 11 is 7.35. The van der Waals surface area contributed by atoms with Crippen LogP contribution >= 0.6 is 22.9 Å². The van der Waals surface area contributed by atoms with E-state index in [-0.39, 0.29) is 6.04 Å². The largest absolute Gasteiger partial charge is 0.401 e. The first-order valence-corrected chi connectivity index (χ1v) is 8.37. The second-order valence-corrected chi connectivity index (χ2v) is 6.32. The lowest BCUT2D eigenvalue weighted by atomic mass is 10.1. The van der Waals surface area contributed by atoms with Gasteiger partial charge in [0.05, 0.1) is 24.2 Å². The van der Waals surface area contributed by atoms with E-state index >= 15 is 0 Å². The Balaban J connectivity index is 1.93. The van der Waals surface area contributed by atoms with Gasteiger partial charge in [-0.1, -0.05) is 6.92 Å². The number of nitrogens with zero attached hydrogens (tertiary/aromatic N) is 3.